The number of hydrogen-bond acceptors (Lipinski definition) is 24. The number of amides is 3. The minimum atomic E-state index is -0.761. The number of benzene rings is 3. The van der Waals surface area contributed by atoms with Gasteiger partial charge in [0.2, 0.25) is 35.4 Å². The van der Waals surface area contributed by atoms with Gasteiger partial charge in [-0.1, -0.05) is 175 Å². The second-order valence-electron chi connectivity index (χ2n) is 42.5. The number of esters is 3. The number of rotatable bonds is 12. The van der Waals surface area contributed by atoms with Gasteiger partial charge in [-0.15, -0.1) is 0 Å². The molecule has 3 radical (unpaired) electrons. The zero-order chi connectivity index (χ0) is 94.9. The van der Waals surface area contributed by atoms with Crippen LogP contribution in [0.25, 0.3) is 33.1 Å². The molecule has 27 nitrogen and oxygen atoms in total. The van der Waals surface area contributed by atoms with Crippen LogP contribution in [0.5, 0.6) is 34.9 Å². The molecule has 0 unspecified atom stereocenters. The van der Waals surface area contributed by atoms with Gasteiger partial charge in [0.1, 0.15) is 70.5 Å². The zero-order valence-corrected chi connectivity index (χ0v) is 87.0. The molecule has 30 heteroatoms. The molecule has 6 aromatic rings. The van der Waals surface area contributed by atoms with E-state index in [9.17, 15) is 43.2 Å². The fourth-order valence-electron chi connectivity index (χ4n) is 24.9. The molecule has 18 rings (SSSR count). The van der Waals surface area contributed by atoms with Crippen molar-refractivity contribution in [1.82, 2.24) is 44.6 Å². The van der Waals surface area contributed by atoms with E-state index in [1.165, 1.54) is 0 Å². The molecule has 12 aliphatic rings. The van der Waals surface area contributed by atoms with E-state index in [-0.39, 0.29) is 176 Å². The number of ether oxygens (including phenoxy) is 9. The molecular weight excluding hydrogens is 1860 g/mol. The molecule has 0 N–H and O–H groups in total. The zero-order valence-electron chi connectivity index (χ0n) is 82.8. The van der Waals surface area contributed by atoms with E-state index in [2.05, 4.69) is 39.6 Å². The molecule has 747 valence electrons. The van der Waals surface area contributed by atoms with Gasteiger partial charge >= 0.3 is 17.9 Å². The number of fused-ring (bicyclic) bond motifs is 15. The number of hydrogen-bond donors (Lipinski definition) is 0. The Bertz CT molecular complexity index is 5230. The van der Waals surface area contributed by atoms with Crippen LogP contribution in [0.1, 0.15) is 310 Å². The van der Waals surface area contributed by atoms with Crippen molar-refractivity contribution in [2.24, 2.45) is 69.5 Å². The van der Waals surface area contributed by atoms with E-state index in [0.717, 1.165) is 239 Å². The molecule has 9 fully saturated rings. The van der Waals surface area contributed by atoms with E-state index >= 15 is 0 Å². The van der Waals surface area contributed by atoms with Gasteiger partial charge in [-0.3, -0.25) is 28.8 Å². The van der Waals surface area contributed by atoms with Crippen molar-refractivity contribution in [2.75, 3.05) is 41.0 Å². The quantitative estimate of drug-likeness (QED) is 0.0624. The molecule has 6 aliphatic heterocycles. The van der Waals surface area contributed by atoms with Crippen LogP contribution in [0.2, 0.25) is 0 Å². The molecule has 6 aliphatic carbocycles. The number of nitrogens with zero attached hydrogens (tertiary/aromatic N) is 9. The van der Waals surface area contributed by atoms with Gasteiger partial charge in [-0.25, -0.2) is 48.8 Å². The number of methoxy groups -OCH3 is 3. The SMILES string of the molecule is CC[C@@H]1[C@@H]2CN(C(=O)[C@H](C3(C)CCCCC3)CC(=O)O[C@@H]3CCC[C@H]3CCCCCc3nc4ccc(OC)cc4nc3O2)[C@@H]1[C-]=O.CC[C@@H]1[C@@H]2CN(C(=O)[C@H](C3(C)CCCCC3)CC(=O)O[C@@H]3C[C@H]3CCCCCc3nc4ccc(OC)cc4nc3O2)[C@@H]1[C-]=O.CC[C@@H]1[C@@H]2CN(C(=O)[C@H](C3(C)CCCCC3)CC(=O)O[C@]3(C)C[C@H]3CCCCCc3nc4ccc(OC)cc4nc3O2)[C@@H]1[C-]=O.[V].[V].[V]. The van der Waals surface area contributed by atoms with Crippen molar-refractivity contribution in [3.63, 3.8) is 0 Å². The smallest absolute Gasteiger partial charge is 0.307 e. The maximum Gasteiger partial charge on any atom is 0.307 e. The van der Waals surface area contributed by atoms with Crippen molar-refractivity contribution in [3.05, 3.63) is 71.7 Å². The number of carbonyl (C=O) groups excluding carboxylic acids is 9. The first-order chi connectivity index (χ1) is 65.3. The molecule has 138 heavy (non-hydrogen) atoms. The Hall–Kier alpha value is -7.94. The van der Waals surface area contributed by atoms with Crippen LogP contribution >= 0.6 is 0 Å². The predicted molar refractivity (Wildman–Crippen MR) is 509 cm³/mol. The molecule has 3 amide bonds. The van der Waals surface area contributed by atoms with Crippen molar-refractivity contribution >= 4 is 87.6 Å². The van der Waals surface area contributed by atoms with Gasteiger partial charge < -0.3 is 71.7 Å². The average molecular weight is 2010 g/mol. The van der Waals surface area contributed by atoms with Crippen LogP contribution in [-0.4, -0.2) is 194 Å². The van der Waals surface area contributed by atoms with E-state index in [4.69, 9.17) is 72.5 Å². The number of aromatic nitrogens is 6. The van der Waals surface area contributed by atoms with Gasteiger partial charge in [-0.05, 0) is 218 Å². The summed E-state index contributed by atoms with van der Waals surface area (Å²) in [7, 11) is 4.87. The second-order valence-corrected chi connectivity index (χ2v) is 42.5. The largest absolute Gasteiger partial charge is 0.540 e. The first kappa shape index (κ1) is 107. The molecule has 18 atom stereocenters. The van der Waals surface area contributed by atoms with Gasteiger partial charge in [-0.2, -0.15) is 0 Å². The normalized spacial score (nSPS) is 30.7. The summed E-state index contributed by atoms with van der Waals surface area (Å²) in [4.78, 5) is 156. The van der Waals surface area contributed by atoms with Crippen molar-refractivity contribution in [1.29, 1.82) is 0 Å². The third kappa shape index (κ3) is 24.4. The third-order valence-corrected chi connectivity index (χ3v) is 33.6. The van der Waals surface area contributed by atoms with Gasteiger partial charge in [0, 0.05) is 79.8 Å². The Balaban J connectivity index is 0.000000173. The second kappa shape index (κ2) is 48.0. The Morgan fingerprint density at radius 3 is 1.04 bits per heavy atom. The minimum Gasteiger partial charge on any atom is -0.540 e. The molecule has 3 aromatic heterocycles. The monoisotopic (exact) mass is 2010 g/mol. The van der Waals surface area contributed by atoms with Crippen molar-refractivity contribution in [3.8, 4) is 34.9 Å². The van der Waals surface area contributed by atoms with Crippen molar-refractivity contribution < 1.29 is 141 Å². The maximum atomic E-state index is 14.6. The van der Waals surface area contributed by atoms with Gasteiger partial charge in [0.05, 0.1) is 111 Å². The Morgan fingerprint density at radius 1 is 0.362 bits per heavy atom. The summed E-state index contributed by atoms with van der Waals surface area (Å²) in [6, 6.07) is 14.7. The van der Waals surface area contributed by atoms with E-state index < -0.39 is 59.8 Å². The first-order valence-electron chi connectivity index (χ1n) is 51.5. The summed E-state index contributed by atoms with van der Waals surface area (Å²) in [5.41, 5.74) is 5.25. The fourth-order valence-corrected chi connectivity index (χ4v) is 24.9. The minimum absolute atomic E-state index is 0. The molecule has 3 saturated heterocycles. The Labute approximate surface area is 850 Å². The van der Waals surface area contributed by atoms with Crippen LogP contribution in [0.3, 0.4) is 0 Å². The van der Waals surface area contributed by atoms with Gasteiger partial charge in [0.25, 0.3) is 0 Å². The molecule has 6 saturated carbocycles. The van der Waals surface area contributed by atoms with Crippen LogP contribution < -0.4 is 28.4 Å². The van der Waals surface area contributed by atoms with Gasteiger partial charge in [0.15, 0.2) is 0 Å². The van der Waals surface area contributed by atoms with E-state index in [1.807, 2.05) is 82.3 Å². The molecule has 3 aromatic carbocycles. The summed E-state index contributed by atoms with van der Waals surface area (Å²) < 4.78 is 54.6. The van der Waals surface area contributed by atoms with Crippen LogP contribution in [-0.2, 0) is 132 Å². The molecule has 0 spiro atoms. The van der Waals surface area contributed by atoms with Crippen LogP contribution in [0.4, 0.5) is 0 Å². The van der Waals surface area contributed by atoms with Crippen molar-refractivity contribution in [2.45, 2.75) is 366 Å². The number of carbonyl (C=O) groups is 6. The fraction of sp³-hybridized carbons (Fsp3) is 0.694. The van der Waals surface area contributed by atoms with Crippen LogP contribution in [0.15, 0.2) is 54.6 Å². The Kier molecular flexibility index (Phi) is 37.3. The molecule has 6 bridgehead atoms. The summed E-state index contributed by atoms with van der Waals surface area (Å²) >= 11 is 0. The average Bonchev–Trinajstić information content (AvgIpc) is 1.61. The topological polar surface area (TPSA) is 324 Å². The summed E-state index contributed by atoms with van der Waals surface area (Å²) in [5, 5.41) is 0. The first-order valence-corrected chi connectivity index (χ1v) is 51.5. The number of aryl methyl sites for hydroxylation is 3. The van der Waals surface area contributed by atoms with Crippen LogP contribution in [0, 0.1) is 69.5 Å². The van der Waals surface area contributed by atoms with E-state index in [0.29, 0.717) is 108 Å². The summed E-state index contributed by atoms with van der Waals surface area (Å²) in [6.45, 7) is 15.2. The standard InChI is InChI=1S/C37H50N3O6.C36H48N3O6.C35H46N3O6.3V/c1-4-26-31(23-41)40-22-33(26)46-35-29(38-28-17-16-25(44-3)20-30(28)39-35)14-8-5-7-12-24-13-11-15-32(24)45-34(42)21-27(36(40)43)37(2)18-9-6-10-19-37;1-5-25-30(22-40)39-21-31(25)44-33-28(37-27-15-14-24(43-4)18-29(27)38-33)13-9-6-8-12-23-20-36(23,3)45-32(41)19-26(34(39)42)35(2)16-10-7-11-17-35;1-4-24-29(21-39)38-20-31(24)44-33-27(36-26-14-13-23(42-3)18-28(26)37-33)12-8-5-7-11-22-17-30(22)43-32(40)19-25(34(38)41)35(2)15-9-6-10-16-35;;;/h16-17,20,24,26-27,31-33H,4-15,18-19,21-22H2,1-3H3;14-15,18,23,25-26,30-31H,5-13,16-17,19-21H2,1-4H3;13-14,18,22,24-25,29-31H,4-12,15-17,19-20H2,1-3H3;;;/q3*-1;;;/t24-,26+,27-,31-,32-,33+;23-,25+,26-,30-,31+,36-;22-,24+,25-,29-,30-,31+;;;/m111.../s1. The third-order valence-electron chi connectivity index (χ3n) is 33.6. The summed E-state index contributed by atoms with van der Waals surface area (Å²) in [6.07, 6.45) is 40.9. The predicted octanol–water partition coefficient (Wildman–Crippen LogP) is 18.4. The molecule has 9 heterocycles. The molecular formula is C108H144N9O18V3-3. The summed E-state index contributed by atoms with van der Waals surface area (Å²) in [5.74, 6) is 0.704. The Morgan fingerprint density at radius 2 is 0.688 bits per heavy atom. The maximum absolute atomic E-state index is 14.6. The van der Waals surface area contributed by atoms with E-state index in [1.54, 1.807) is 36.0 Å².